The number of halogens is 1. The average Bonchev–Trinajstić information content (AvgIpc) is 2.89. The minimum absolute atomic E-state index is 0.00578. The fraction of sp³-hybridized carbons (Fsp3) is 0.333. The van der Waals surface area contributed by atoms with Gasteiger partial charge in [0.2, 0.25) is 5.95 Å². The van der Waals surface area contributed by atoms with Crippen LogP contribution in [0.25, 0.3) is 5.82 Å². The van der Waals surface area contributed by atoms with Crippen molar-refractivity contribution in [2.24, 2.45) is 0 Å². The lowest BCUT2D eigenvalue weighted by molar-refractivity contribution is 0.0821. The average molecular weight is 278 g/mol. The van der Waals surface area contributed by atoms with Gasteiger partial charge in [0.15, 0.2) is 17.3 Å². The van der Waals surface area contributed by atoms with Crippen molar-refractivity contribution in [2.45, 2.75) is 6.92 Å². The van der Waals surface area contributed by atoms with E-state index in [-0.39, 0.29) is 17.4 Å². The number of nitrogens with zero attached hydrogens (tertiary/aromatic N) is 5. The van der Waals surface area contributed by atoms with E-state index in [1.54, 1.807) is 14.1 Å². The number of anilines is 1. The molecular formula is C12H15FN6O. The van der Waals surface area contributed by atoms with Crippen LogP contribution >= 0.6 is 0 Å². The van der Waals surface area contributed by atoms with Crippen molar-refractivity contribution in [3.8, 4) is 5.82 Å². The number of rotatable bonds is 4. The van der Waals surface area contributed by atoms with Crippen LogP contribution in [-0.2, 0) is 0 Å². The Bertz CT molecular complexity index is 624. The lowest BCUT2D eigenvalue weighted by Gasteiger charge is -2.07. The highest BCUT2D eigenvalue weighted by Gasteiger charge is 2.15. The molecule has 1 N–H and O–H groups in total. The second kappa shape index (κ2) is 5.64. The Balaban J connectivity index is 2.36. The summed E-state index contributed by atoms with van der Waals surface area (Å²) in [5.74, 6) is -0.572. The summed E-state index contributed by atoms with van der Waals surface area (Å²) >= 11 is 0. The van der Waals surface area contributed by atoms with E-state index < -0.39 is 5.82 Å². The molecule has 20 heavy (non-hydrogen) atoms. The van der Waals surface area contributed by atoms with E-state index in [1.165, 1.54) is 21.8 Å². The standard InChI is InChI=1S/C12H15FN6O/c1-4-14-12-15-7-8(13)10(16-12)19-6-5-9(17-19)11(20)18(2)3/h5-7H,4H2,1-3H3,(H,14,15,16). The van der Waals surface area contributed by atoms with Crippen LogP contribution in [0.1, 0.15) is 17.4 Å². The molecule has 0 aliphatic rings. The van der Waals surface area contributed by atoms with Crippen LogP contribution in [0.3, 0.4) is 0 Å². The molecule has 8 heteroatoms. The Labute approximate surface area is 115 Å². The third-order valence-electron chi connectivity index (χ3n) is 2.49. The van der Waals surface area contributed by atoms with Gasteiger partial charge in [-0.3, -0.25) is 4.79 Å². The first kappa shape index (κ1) is 13.9. The molecule has 1 amide bonds. The van der Waals surface area contributed by atoms with Crippen molar-refractivity contribution < 1.29 is 9.18 Å². The number of carbonyl (C=O) groups excluding carboxylic acids is 1. The summed E-state index contributed by atoms with van der Waals surface area (Å²) in [6, 6.07) is 1.51. The molecule has 0 saturated heterocycles. The maximum atomic E-state index is 13.8. The fourth-order valence-corrected chi connectivity index (χ4v) is 1.55. The van der Waals surface area contributed by atoms with Gasteiger partial charge in [-0.25, -0.2) is 14.1 Å². The second-order valence-electron chi connectivity index (χ2n) is 4.24. The summed E-state index contributed by atoms with van der Waals surface area (Å²) < 4.78 is 15.0. The van der Waals surface area contributed by atoms with Crippen LogP contribution in [0.5, 0.6) is 0 Å². The van der Waals surface area contributed by atoms with E-state index in [1.807, 2.05) is 6.92 Å². The molecule has 2 heterocycles. The van der Waals surface area contributed by atoms with Gasteiger partial charge in [-0.15, -0.1) is 0 Å². The summed E-state index contributed by atoms with van der Waals surface area (Å²) in [7, 11) is 3.24. The number of hydrogen-bond acceptors (Lipinski definition) is 5. The molecule has 7 nitrogen and oxygen atoms in total. The Morgan fingerprint density at radius 2 is 2.25 bits per heavy atom. The largest absolute Gasteiger partial charge is 0.354 e. The molecule has 106 valence electrons. The summed E-state index contributed by atoms with van der Waals surface area (Å²) in [5.41, 5.74) is 0.220. The molecule has 2 aromatic rings. The van der Waals surface area contributed by atoms with E-state index in [4.69, 9.17) is 0 Å². The van der Waals surface area contributed by atoms with Crippen LogP contribution in [0.4, 0.5) is 10.3 Å². The molecule has 0 saturated carbocycles. The Hall–Kier alpha value is -2.51. The molecule has 0 aliphatic carbocycles. The summed E-state index contributed by atoms with van der Waals surface area (Å²) in [5, 5.41) is 6.92. The quantitative estimate of drug-likeness (QED) is 0.900. The number of hydrogen-bond donors (Lipinski definition) is 1. The van der Waals surface area contributed by atoms with Gasteiger partial charge in [0, 0.05) is 26.8 Å². The predicted octanol–water partition coefficient (Wildman–Crippen LogP) is 0.935. The van der Waals surface area contributed by atoms with Crippen LogP contribution in [0, 0.1) is 5.82 Å². The van der Waals surface area contributed by atoms with Crippen molar-refractivity contribution in [3.05, 3.63) is 30.0 Å². The monoisotopic (exact) mass is 278 g/mol. The smallest absolute Gasteiger partial charge is 0.273 e. The number of carbonyl (C=O) groups is 1. The lowest BCUT2D eigenvalue weighted by atomic mass is 10.4. The molecule has 0 spiro atoms. The summed E-state index contributed by atoms with van der Waals surface area (Å²) in [6.45, 7) is 2.50. The van der Waals surface area contributed by atoms with E-state index in [9.17, 15) is 9.18 Å². The van der Waals surface area contributed by atoms with E-state index in [0.717, 1.165) is 6.20 Å². The normalized spacial score (nSPS) is 10.4. The van der Waals surface area contributed by atoms with Crippen LogP contribution in [0.2, 0.25) is 0 Å². The summed E-state index contributed by atoms with van der Waals surface area (Å²) in [4.78, 5) is 21.0. The third-order valence-corrected chi connectivity index (χ3v) is 2.49. The molecule has 0 unspecified atom stereocenters. The van der Waals surface area contributed by atoms with Crippen LogP contribution < -0.4 is 5.32 Å². The molecule has 0 fully saturated rings. The van der Waals surface area contributed by atoms with Gasteiger partial charge in [-0.05, 0) is 13.0 Å². The number of amides is 1. The maximum Gasteiger partial charge on any atom is 0.273 e. The number of nitrogens with one attached hydrogen (secondary N) is 1. The molecular weight excluding hydrogens is 263 g/mol. The first-order valence-electron chi connectivity index (χ1n) is 6.07. The maximum absolute atomic E-state index is 13.8. The zero-order valence-electron chi connectivity index (χ0n) is 11.5. The van der Waals surface area contributed by atoms with Crippen molar-refractivity contribution in [1.29, 1.82) is 0 Å². The van der Waals surface area contributed by atoms with Crippen molar-refractivity contribution in [1.82, 2.24) is 24.6 Å². The minimum Gasteiger partial charge on any atom is -0.354 e. The van der Waals surface area contributed by atoms with E-state index in [0.29, 0.717) is 12.5 Å². The minimum atomic E-state index is -0.612. The van der Waals surface area contributed by atoms with Gasteiger partial charge in [0.1, 0.15) is 0 Å². The molecule has 0 aromatic carbocycles. The molecule has 0 radical (unpaired) electrons. The molecule has 2 aromatic heterocycles. The van der Waals surface area contributed by atoms with Crippen LogP contribution in [0.15, 0.2) is 18.5 Å². The molecule has 0 aliphatic heterocycles. The van der Waals surface area contributed by atoms with Crippen molar-refractivity contribution in [2.75, 3.05) is 26.0 Å². The molecule has 0 bridgehead atoms. The predicted molar refractivity (Wildman–Crippen MR) is 71.3 cm³/mol. The SMILES string of the molecule is CCNc1ncc(F)c(-n2ccc(C(=O)N(C)C)n2)n1. The first-order chi connectivity index (χ1) is 9.52. The van der Waals surface area contributed by atoms with Crippen LogP contribution in [-0.4, -0.2) is 51.2 Å². The summed E-state index contributed by atoms with van der Waals surface area (Å²) in [6.07, 6.45) is 2.55. The van der Waals surface area contributed by atoms with Gasteiger partial charge >= 0.3 is 0 Å². The number of aromatic nitrogens is 4. The molecule has 0 atom stereocenters. The van der Waals surface area contributed by atoms with Gasteiger partial charge in [0.25, 0.3) is 5.91 Å². The highest BCUT2D eigenvalue weighted by molar-refractivity contribution is 5.91. The Morgan fingerprint density at radius 1 is 1.50 bits per heavy atom. The second-order valence-corrected chi connectivity index (χ2v) is 4.24. The van der Waals surface area contributed by atoms with Crippen molar-refractivity contribution in [3.63, 3.8) is 0 Å². The highest BCUT2D eigenvalue weighted by Crippen LogP contribution is 2.12. The first-order valence-corrected chi connectivity index (χ1v) is 6.07. The van der Waals surface area contributed by atoms with Crippen molar-refractivity contribution >= 4 is 11.9 Å². The van der Waals surface area contributed by atoms with Gasteiger partial charge < -0.3 is 10.2 Å². The van der Waals surface area contributed by atoms with E-state index in [2.05, 4.69) is 20.4 Å². The zero-order valence-corrected chi connectivity index (χ0v) is 11.5. The topological polar surface area (TPSA) is 75.9 Å². The van der Waals surface area contributed by atoms with E-state index >= 15 is 0 Å². The molecule has 2 rings (SSSR count). The Kier molecular flexibility index (Phi) is 3.92. The fourth-order valence-electron chi connectivity index (χ4n) is 1.55. The zero-order chi connectivity index (χ0) is 14.7. The Morgan fingerprint density at radius 3 is 2.90 bits per heavy atom. The highest BCUT2D eigenvalue weighted by atomic mass is 19.1. The third kappa shape index (κ3) is 2.73. The van der Waals surface area contributed by atoms with Gasteiger partial charge in [-0.1, -0.05) is 0 Å². The van der Waals surface area contributed by atoms with Gasteiger partial charge in [0.05, 0.1) is 6.20 Å². The lowest BCUT2D eigenvalue weighted by Crippen LogP contribution is -2.22. The van der Waals surface area contributed by atoms with Gasteiger partial charge in [-0.2, -0.15) is 10.1 Å².